The Kier molecular flexibility index (Phi) is 6.06. The molecule has 0 fully saturated rings. The number of hydrogen-bond acceptors (Lipinski definition) is 1. The van der Waals surface area contributed by atoms with E-state index in [1.165, 1.54) is 33.4 Å². The third kappa shape index (κ3) is 4.86. The van der Waals surface area contributed by atoms with Crippen LogP contribution in [0.25, 0.3) is 22.3 Å². The monoisotopic (exact) mass is 352 g/mol. The Labute approximate surface area is 161 Å². The lowest BCUT2D eigenvalue weighted by Crippen LogP contribution is -1.90. The number of hydrogen-bond donors (Lipinski definition) is 1. The van der Waals surface area contributed by atoms with Crippen molar-refractivity contribution in [1.29, 1.82) is 0 Å². The summed E-state index contributed by atoms with van der Waals surface area (Å²) in [5, 5.41) is 8.63. The highest BCUT2D eigenvalue weighted by Gasteiger charge is 2.08. The third-order valence-corrected chi connectivity index (χ3v) is 4.46. The average Bonchev–Trinajstić information content (AvgIpc) is 2.70. The van der Waals surface area contributed by atoms with Crippen LogP contribution >= 0.6 is 0 Å². The fourth-order valence-corrected chi connectivity index (χ4v) is 3.25. The number of phenolic OH excluding ortho intramolecular Hbond substituents is 1. The SMILES string of the molecule is Cc1cc(-c2ccccc2)cc(C)c1-c1ccccc1.Oc1ccccc1. The summed E-state index contributed by atoms with van der Waals surface area (Å²) in [6, 6.07) is 34.4. The quantitative estimate of drug-likeness (QED) is 0.410. The molecule has 0 radical (unpaired) electrons. The number of phenols is 1. The molecule has 1 nitrogen and oxygen atoms in total. The highest BCUT2D eigenvalue weighted by molar-refractivity contribution is 5.76. The lowest BCUT2D eigenvalue weighted by molar-refractivity contribution is 0.475. The Morgan fingerprint density at radius 2 is 0.889 bits per heavy atom. The minimum absolute atomic E-state index is 0.322. The van der Waals surface area contributed by atoms with Crippen LogP contribution in [0.1, 0.15) is 11.1 Å². The molecule has 134 valence electrons. The van der Waals surface area contributed by atoms with Crippen LogP contribution in [0.5, 0.6) is 5.75 Å². The molecule has 0 saturated heterocycles. The van der Waals surface area contributed by atoms with Crippen molar-refractivity contribution in [3.8, 4) is 28.0 Å². The number of para-hydroxylation sites is 1. The fourth-order valence-electron chi connectivity index (χ4n) is 3.25. The predicted octanol–water partition coefficient (Wildman–Crippen LogP) is 7.03. The molecule has 0 aliphatic rings. The van der Waals surface area contributed by atoms with Gasteiger partial charge in [-0.25, -0.2) is 0 Å². The molecule has 1 heteroatoms. The van der Waals surface area contributed by atoms with Gasteiger partial charge in [-0.2, -0.15) is 0 Å². The first kappa shape index (κ1) is 18.5. The molecule has 0 atom stereocenters. The van der Waals surface area contributed by atoms with Gasteiger partial charge in [-0.15, -0.1) is 0 Å². The Morgan fingerprint density at radius 3 is 1.30 bits per heavy atom. The van der Waals surface area contributed by atoms with Crippen LogP contribution in [-0.4, -0.2) is 5.11 Å². The van der Waals surface area contributed by atoms with Crippen molar-refractivity contribution in [2.24, 2.45) is 0 Å². The first-order valence-corrected chi connectivity index (χ1v) is 9.11. The topological polar surface area (TPSA) is 20.2 Å². The highest BCUT2D eigenvalue weighted by atomic mass is 16.3. The normalized spacial score (nSPS) is 10.0. The van der Waals surface area contributed by atoms with Crippen LogP contribution in [0.2, 0.25) is 0 Å². The van der Waals surface area contributed by atoms with E-state index in [1.807, 2.05) is 6.07 Å². The minimum atomic E-state index is 0.322. The van der Waals surface area contributed by atoms with Gasteiger partial charge in [0.25, 0.3) is 0 Å². The molecular formula is C26H24O. The molecule has 0 aliphatic heterocycles. The van der Waals surface area contributed by atoms with Gasteiger partial charge < -0.3 is 5.11 Å². The van der Waals surface area contributed by atoms with Crippen molar-refractivity contribution < 1.29 is 5.11 Å². The van der Waals surface area contributed by atoms with Crippen LogP contribution in [0.3, 0.4) is 0 Å². The van der Waals surface area contributed by atoms with E-state index in [4.69, 9.17) is 5.11 Å². The van der Waals surface area contributed by atoms with Crippen molar-refractivity contribution >= 4 is 0 Å². The molecule has 4 aromatic rings. The van der Waals surface area contributed by atoms with Crippen molar-refractivity contribution in [2.75, 3.05) is 0 Å². The van der Waals surface area contributed by atoms with Crippen molar-refractivity contribution in [3.63, 3.8) is 0 Å². The first-order chi connectivity index (χ1) is 13.1. The van der Waals surface area contributed by atoms with E-state index in [0.29, 0.717) is 5.75 Å². The number of benzene rings is 4. The highest BCUT2D eigenvalue weighted by Crippen LogP contribution is 2.31. The standard InChI is InChI=1S/C20H18.C6H6O/c1-15-13-19(17-9-5-3-6-10-17)14-16(2)20(15)18-11-7-4-8-12-18;7-6-4-2-1-3-5-6/h3-14H,1-2H3;1-5,7H. The third-order valence-electron chi connectivity index (χ3n) is 4.46. The van der Waals surface area contributed by atoms with Crippen molar-refractivity contribution in [3.05, 3.63) is 114 Å². The van der Waals surface area contributed by atoms with Crippen molar-refractivity contribution in [2.45, 2.75) is 13.8 Å². The molecule has 0 spiro atoms. The zero-order chi connectivity index (χ0) is 19.1. The zero-order valence-electron chi connectivity index (χ0n) is 15.8. The molecule has 27 heavy (non-hydrogen) atoms. The average molecular weight is 352 g/mol. The van der Waals surface area contributed by atoms with Gasteiger partial charge >= 0.3 is 0 Å². The van der Waals surface area contributed by atoms with Crippen LogP contribution in [0.4, 0.5) is 0 Å². The van der Waals surface area contributed by atoms with E-state index in [-0.39, 0.29) is 0 Å². The number of rotatable bonds is 2. The molecule has 0 saturated carbocycles. The maximum atomic E-state index is 8.63. The molecule has 4 aromatic carbocycles. The molecule has 0 bridgehead atoms. The van der Waals surface area contributed by atoms with Gasteiger partial charge in [0.1, 0.15) is 5.75 Å². The van der Waals surface area contributed by atoms with E-state index in [9.17, 15) is 0 Å². The second kappa shape index (κ2) is 8.86. The Hall–Kier alpha value is -3.32. The lowest BCUT2D eigenvalue weighted by Gasteiger charge is -2.13. The van der Waals surface area contributed by atoms with E-state index in [0.717, 1.165) is 0 Å². The van der Waals surface area contributed by atoms with Crippen LogP contribution < -0.4 is 0 Å². The Bertz CT molecular complexity index is 951. The summed E-state index contributed by atoms with van der Waals surface area (Å²) >= 11 is 0. The van der Waals surface area contributed by atoms with Gasteiger partial charge in [-0.1, -0.05) is 91.0 Å². The molecule has 0 amide bonds. The summed E-state index contributed by atoms with van der Waals surface area (Å²) in [4.78, 5) is 0. The molecular weight excluding hydrogens is 328 g/mol. The number of aromatic hydroxyl groups is 1. The summed E-state index contributed by atoms with van der Waals surface area (Å²) < 4.78 is 0. The molecule has 0 heterocycles. The summed E-state index contributed by atoms with van der Waals surface area (Å²) in [7, 11) is 0. The van der Waals surface area contributed by atoms with E-state index < -0.39 is 0 Å². The first-order valence-electron chi connectivity index (χ1n) is 9.11. The molecule has 0 aromatic heterocycles. The lowest BCUT2D eigenvalue weighted by atomic mass is 9.91. The number of aryl methyl sites for hydroxylation is 2. The molecule has 1 N–H and O–H groups in total. The fraction of sp³-hybridized carbons (Fsp3) is 0.0769. The van der Waals surface area contributed by atoms with Crippen LogP contribution in [0, 0.1) is 13.8 Å². The largest absolute Gasteiger partial charge is 0.508 e. The Morgan fingerprint density at radius 1 is 0.481 bits per heavy atom. The summed E-state index contributed by atoms with van der Waals surface area (Å²) in [5.74, 6) is 0.322. The smallest absolute Gasteiger partial charge is 0.115 e. The van der Waals surface area contributed by atoms with Gasteiger partial charge in [-0.05, 0) is 59.4 Å². The molecule has 0 aliphatic carbocycles. The summed E-state index contributed by atoms with van der Waals surface area (Å²) in [6.07, 6.45) is 0. The maximum absolute atomic E-state index is 8.63. The molecule has 0 unspecified atom stereocenters. The van der Waals surface area contributed by atoms with Gasteiger partial charge in [0.2, 0.25) is 0 Å². The van der Waals surface area contributed by atoms with Crippen LogP contribution in [0.15, 0.2) is 103 Å². The zero-order valence-corrected chi connectivity index (χ0v) is 15.8. The molecule has 4 rings (SSSR count). The van der Waals surface area contributed by atoms with Gasteiger partial charge in [-0.3, -0.25) is 0 Å². The van der Waals surface area contributed by atoms with Gasteiger partial charge in [0.05, 0.1) is 0 Å². The summed E-state index contributed by atoms with van der Waals surface area (Å²) in [5.41, 5.74) is 7.87. The van der Waals surface area contributed by atoms with E-state index >= 15 is 0 Å². The second-order valence-corrected chi connectivity index (χ2v) is 6.55. The van der Waals surface area contributed by atoms with Gasteiger partial charge in [0, 0.05) is 0 Å². The van der Waals surface area contributed by atoms with E-state index in [2.05, 4.69) is 86.6 Å². The summed E-state index contributed by atoms with van der Waals surface area (Å²) in [6.45, 7) is 4.39. The van der Waals surface area contributed by atoms with E-state index in [1.54, 1.807) is 24.3 Å². The predicted molar refractivity (Wildman–Crippen MR) is 115 cm³/mol. The van der Waals surface area contributed by atoms with Crippen molar-refractivity contribution in [1.82, 2.24) is 0 Å². The Balaban J connectivity index is 0.000000253. The minimum Gasteiger partial charge on any atom is -0.508 e. The van der Waals surface area contributed by atoms with Gasteiger partial charge in [0.15, 0.2) is 0 Å². The maximum Gasteiger partial charge on any atom is 0.115 e. The van der Waals surface area contributed by atoms with Crippen LogP contribution in [-0.2, 0) is 0 Å². The second-order valence-electron chi connectivity index (χ2n) is 6.55.